The fourth-order valence-corrected chi connectivity index (χ4v) is 3.28. The van der Waals surface area contributed by atoms with Crippen molar-refractivity contribution in [2.75, 3.05) is 5.32 Å². The van der Waals surface area contributed by atoms with E-state index in [1.54, 1.807) is 5.38 Å². The van der Waals surface area contributed by atoms with E-state index in [4.69, 9.17) is 0 Å². The second kappa shape index (κ2) is 7.04. The van der Waals surface area contributed by atoms with Crippen molar-refractivity contribution in [1.29, 1.82) is 0 Å². The predicted molar refractivity (Wildman–Crippen MR) is 96.5 cm³/mol. The van der Waals surface area contributed by atoms with Crippen molar-refractivity contribution in [3.8, 4) is 11.4 Å². The topological polar surface area (TPSA) is 70.7 Å². The molecule has 0 bridgehead atoms. The van der Waals surface area contributed by atoms with Gasteiger partial charge in [-0.15, -0.1) is 11.3 Å². The van der Waals surface area contributed by atoms with E-state index in [2.05, 4.69) is 20.3 Å². The van der Waals surface area contributed by atoms with Crippen molar-refractivity contribution in [2.24, 2.45) is 0 Å². The van der Waals surface area contributed by atoms with Crippen LogP contribution in [-0.4, -0.2) is 20.9 Å². The Labute approximate surface area is 159 Å². The number of imidazole rings is 1. The number of anilines is 1. The van der Waals surface area contributed by atoms with Crippen LogP contribution in [0.25, 0.3) is 22.4 Å². The van der Waals surface area contributed by atoms with Crippen LogP contribution in [0.3, 0.4) is 0 Å². The fraction of sp³-hybridized carbons (Fsp3) is 0.0556. The van der Waals surface area contributed by atoms with Crippen molar-refractivity contribution in [3.05, 3.63) is 64.7 Å². The number of thiazole rings is 1. The summed E-state index contributed by atoms with van der Waals surface area (Å²) >= 11 is 1.17. The van der Waals surface area contributed by atoms with E-state index in [0.717, 1.165) is 30.3 Å². The second-order valence-corrected chi connectivity index (χ2v) is 6.65. The molecule has 0 saturated heterocycles. The molecule has 2 aromatic heterocycles. The zero-order valence-corrected chi connectivity index (χ0v) is 14.7. The lowest BCUT2D eigenvalue weighted by Gasteiger charge is -2.06. The molecular formula is C18H10F4N4OS. The number of aromatic amines is 1. The van der Waals surface area contributed by atoms with E-state index in [9.17, 15) is 22.4 Å². The summed E-state index contributed by atoms with van der Waals surface area (Å²) in [6, 6.07) is 4.84. The van der Waals surface area contributed by atoms with Gasteiger partial charge in [0.15, 0.2) is 5.13 Å². The van der Waals surface area contributed by atoms with Gasteiger partial charge in [-0.1, -0.05) is 0 Å². The molecule has 1 amide bonds. The number of halogens is 4. The normalized spacial score (nSPS) is 11.3. The SMILES string of the molecule is O=C(Nc1nccs1)c1cc(F)cc2[nH]c(-c3cc(F)ccc3C(F)F)nc12. The van der Waals surface area contributed by atoms with Crippen LogP contribution in [0.5, 0.6) is 0 Å². The highest BCUT2D eigenvalue weighted by molar-refractivity contribution is 7.13. The molecule has 0 aliphatic heterocycles. The zero-order valence-electron chi connectivity index (χ0n) is 13.8. The number of amides is 1. The Morgan fingerprint density at radius 3 is 2.68 bits per heavy atom. The highest BCUT2D eigenvalue weighted by atomic mass is 32.1. The zero-order chi connectivity index (χ0) is 19.8. The molecule has 5 nitrogen and oxygen atoms in total. The van der Waals surface area contributed by atoms with Crippen LogP contribution >= 0.6 is 11.3 Å². The van der Waals surface area contributed by atoms with E-state index >= 15 is 0 Å². The molecular weight excluding hydrogens is 396 g/mol. The number of nitrogens with zero attached hydrogens (tertiary/aromatic N) is 2. The van der Waals surface area contributed by atoms with Crippen LogP contribution in [0.2, 0.25) is 0 Å². The van der Waals surface area contributed by atoms with Crippen LogP contribution < -0.4 is 5.32 Å². The molecule has 2 N–H and O–H groups in total. The summed E-state index contributed by atoms with van der Waals surface area (Å²) in [4.78, 5) is 23.3. The van der Waals surface area contributed by atoms with Gasteiger partial charge in [0.05, 0.1) is 11.1 Å². The molecule has 4 rings (SSSR count). The maximum absolute atomic E-state index is 14.0. The van der Waals surface area contributed by atoms with Gasteiger partial charge in [0.2, 0.25) is 0 Å². The number of hydrogen-bond acceptors (Lipinski definition) is 4. The number of H-pyrrole nitrogens is 1. The first-order chi connectivity index (χ1) is 13.4. The molecule has 4 aromatic rings. The van der Waals surface area contributed by atoms with E-state index in [1.807, 2.05) is 0 Å². The summed E-state index contributed by atoms with van der Waals surface area (Å²) in [7, 11) is 0. The Kier molecular flexibility index (Phi) is 4.55. The Hall–Kier alpha value is -3.27. The van der Waals surface area contributed by atoms with Gasteiger partial charge in [-0.2, -0.15) is 0 Å². The summed E-state index contributed by atoms with van der Waals surface area (Å²) in [5.41, 5.74) is -0.533. The maximum atomic E-state index is 14.0. The molecule has 0 aliphatic rings. The van der Waals surface area contributed by atoms with Gasteiger partial charge < -0.3 is 4.98 Å². The fourth-order valence-electron chi connectivity index (χ4n) is 2.76. The van der Waals surface area contributed by atoms with E-state index in [1.165, 1.54) is 17.5 Å². The van der Waals surface area contributed by atoms with Crippen LogP contribution in [-0.2, 0) is 0 Å². The third-order valence-corrected chi connectivity index (χ3v) is 4.64. The average Bonchev–Trinajstić information content (AvgIpc) is 3.29. The maximum Gasteiger partial charge on any atom is 0.264 e. The summed E-state index contributed by atoms with van der Waals surface area (Å²) in [6.45, 7) is 0. The van der Waals surface area contributed by atoms with Crippen molar-refractivity contribution in [3.63, 3.8) is 0 Å². The minimum Gasteiger partial charge on any atom is -0.338 e. The van der Waals surface area contributed by atoms with Crippen LogP contribution in [0.1, 0.15) is 22.3 Å². The minimum absolute atomic E-state index is 0.0648. The molecule has 0 saturated carbocycles. The first-order valence-electron chi connectivity index (χ1n) is 7.90. The van der Waals surface area contributed by atoms with Gasteiger partial charge >= 0.3 is 0 Å². The van der Waals surface area contributed by atoms with Crippen molar-refractivity contribution in [1.82, 2.24) is 15.0 Å². The van der Waals surface area contributed by atoms with Crippen molar-refractivity contribution < 1.29 is 22.4 Å². The lowest BCUT2D eigenvalue weighted by molar-refractivity contribution is 0.102. The van der Waals surface area contributed by atoms with Crippen molar-refractivity contribution in [2.45, 2.75) is 6.43 Å². The molecule has 2 aromatic carbocycles. The first-order valence-corrected chi connectivity index (χ1v) is 8.78. The highest BCUT2D eigenvalue weighted by Gasteiger charge is 2.21. The van der Waals surface area contributed by atoms with Gasteiger partial charge in [0.1, 0.15) is 23.0 Å². The number of hydrogen-bond donors (Lipinski definition) is 2. The summed E-state index contributed by atoms with van der Waals surface area (Å²) in [6.07, 6.45) is -1.38. The van der Waals surface area contributed by atoms with E-state index in [0.29, 0.717) is 5.13 Å². The predicted octanol–water partition coefficient (Wildman–Crippen LogP) is 5.15. The second-order valence-electron chi connectivity index (χ2n) is 5.76. The quantitative estimate of drug-likeness (QED) is 0.460. The summed E-state index contributed by atoms with van der Waals surface area (Å²) < 4.78 is 54.2. The third-order valence-electron chi connectivity index (χ3n) is 3.95. The number of benzene rings is 2. The van der Waals surface area contributed by atoms with Gasteiger partial charge in [0.25, 0.3) is 12.3 Å². The van der Waals surface area contributed by atoms with Gasteiger partial charge in [-0.3, -0.25) is 10.1 Å². The summed E-state index contributed by atoms with van der Waals surface area (Å²) in [5.74, 6) is -2.21. The lowest BCUT2D eigenvalue weighted by atomic mass is 10.1. The molecule has 2 heterocycles. The monoisotopic (exact) mass is 406 g/mol. The molecule has 0 unspecified atom stereocenters. The van der Waals surface area contributed by atoms with Gasteiger partial charge in [-0.05, 0) is 30.3 Å². The van der Waals surface area contributed by atoms with E-state index < -0.39 is 29.5 Å². The smallest absolute Gasteiger partial charge is 0.264 e. The number of alkyl halides is 2. The average molecular weight is 406 g/mol. The molecule has 0 aliphatic carbocycles. The number of rotatable bonds is 4. The molecule has 0 fully saturated rings. The highest BCUT2D eigenvalue weighted by Crippen LogP contribution is 2.32. The van der Waals surface area contributed by atoms with Gasteiger partial charge in [-0.25, -0.2) is 27.5 Å². The lowest BCUT2D eigenvalue weighted by Crippen LogP contribution is -2.12. The Morgan fingerprint density at radius 2 is 1.96 bits per heavy atom. The number of nitrogens with one attached hydrogen (secondary N) is 2. The third kappa shape index (κ3) is 3.33. The Morgan fingerprint density at radius 1 is 1.14 bits per heavy atom. The number of aromatic nitrogens is 3. The van der Waals surface area contributed by atoms with Crippen molar-refractivity contribution >= 4 is 33.4 Å². The Balaban J connectivity index is 1.84. The Bertz CT molecular complexity index is 1170. The van der Waals surface area contributed by atoms with Crippen LogP contribution in [0, 0.1) is 11.6 Å². The molecule has 142 valence electrons. The van der Waals surface area contributed by atoms with Crippen LogP contribution in [0.15, 0.2) is 41.9 Å². The molecule has 28 heavy (non-hydrogen) atoms. The molecule has 0 radical (unpaired) electrons. The number of fused-ring (bicyclic) bond motifs is 1. The molecule has 0 spiro atoms. The molecule has 10 heteroatoms. The van der Waals surface area contributed by atoms with E-state index in [-0.39, 0.29) is 28.0 Å². The number of carbonyl (C=O) groups is 1. The van der Waals surface area contributed by atoms with Gasteiger partial charge in [0, 0.05) is 22.7 Å². The first kappa shape index (κ1) is 18.1. The van der Waals surface area contributed by atoms with Crippen LogP contribution in [0.4, 0.5) is 22.7 Å². The molecule has 0 atom stereocenters. The number of carbonyl (C=O) groups excluding carboxylic acids is 1. The largest absolute Gasteiger partial charge is 0.338 e. The standard InChI is InChI=1S/C18H10F4N4OS/c19-8-1-2-10(15(21)22)11(5-8)16-24-13-7-9(20)6-12(14(13)25-16)17(27)26-18-23-3-4-28-18/h1-7,15H,(H,24,25)(H,23,26,27). The minimum atomic E-state index is -2.87. The summed E-state index contributed by atoms with van der Waals surface area (Å²) in [5, 5.41) is 4.47.